The summed E-state index contributed by atoms with van der Waals surface area (Å²) >= 11 is 1.74. The van der Waals surface area contributed by atoms with Crippen LogP contribution in [0.4, 0.5) is 4.79 Å². The van der Waals surface area contributed by atoms with E-state index >= 15 is 0 Å². The molecular weight excluding hydrogens is 310 g/mol. The Morgan fingerprint density at radius 1 is 1.48 bits per heavy atom. The molecule has 1 atom stereocenters. The molecule has 5 nitrogen and oxygen atoms in total. The van der Waals surface area contributed by atoms with Crippen LogP contribution in [0.2, 0.25) is 0 Å². The Morgan fingerprint density at radius 3 is 2.65 bits per heavy atom. The number of hydrogen-bond donors (Lipinski definition) is 2. The summed E-state index contributed by atoms with van der Waals surface area (Å²) in [4.78, 5) is 17.7. The number of aryl methyl sites for hydroxylation is 1. The summed E-state index contributed by atoms with van der Waals surface area (Å²) in [6.07, 6.45) is 1.62. The van der Waals surface area contributed by atoms with E-state index in [-0.39, 0.29) is 12.1 Å². The summed E-state index contributed by atoms with van der Waals surface area (Å²) in [6, 6.07) is 0.486. The lowest BCUT2D eigenvalue weighted by atomic mass is 10.0. The Balaban J connectivity index is 1.76. The zero-order valence-corrected chi connectivity index (χ0v) is 15.4. The minimum atomic E-state index is -0.307. The second kappa shape index (κ2) is 8.13. The van der Waals surface area contributed by atoms with E-state index < -0.39 is 0 Å². The minimum absolute atomic E-state index is 0.0323. The summed E-state index contributed by atoms with van der Waals surface area (Å²) in [7, 11) is 2.05. The molecule has 1 aromatic rings. The van der Waals surface area contributed by atoms with Gasteiger partial charge < -0.3 is 20.2 Å². The van der Waals surface area contributed by atoms with Crippen LogP contribution in [-0.2, 0) is 6.54 Å². The van der Waals surface area contributed by atoms with E-state index in [1.54, 1.807) is 11.3 Å². The predicted molar refractivity (Wildman–Crippen MR) is 94.9 cm³/mol. The van der Waals surface area contributed by atoms with Crippen LogP contribution in [0.3, 0.4) is 0 Å². The van der Waals surface area contributed by atoms with Crippen LogP contribution >= 0.6 is 11.3 Å². The lowest BCUT2D eigenvalue weighted by Gasteiger charge is -2.37. The van der Waals surface area contributed by atoms with Crippen molar-refractivity contribution < 1.29 is 9.90 Å². The van der Waals surface area contributed by atoms with Crippen molar-refractivity contribution in [1.82, 2.24) is 15.1 Å². The molecule has 1 fully saturated rings. The molecule has 23 heavy (non-hydrogen) atoms. The molecule has 2 heterocycles. The van der Waals surface area contributed by atoms with Crippen LogP contribution in [0.15, 0.2) is 5.38 Å². The van der Waals surface area contributed by atoms with Crippen LogP contribution in [0.25, 0.3) is 0 Å². The highest BCUT2D eigenvalue weighted by Crippen LogP contribution is 2.20. The van der Waals surface area contributed by atoms with Gasteiger partial charge in [0.05, 0.1) is 6.10 Å². The van der Waals surface area contributed by atoms with Crippen molar-refractivity contribution in [2.24, 2.45) is 0 Å². The second-order valence-corrected chi connectivity index (χ2v) is 7.69. The van der Waals surface area contributed by atoms with Crippen molar-refractivity contribution >= 4 is 17.4 Å². The average molecular weight is 340 g/mol. The summed E-state index contributed by atoms with van der Waals surface area (Å²) < 4.78 is 0. The molecule has 0 aromatic carbocycles. The third-order valence-electron chi connectivity index (χ3n) is 4.75. The van der Waals surface area contributed by atoms with Crippen LogP contribution in [-0.4, -0.2) is 59.8 Å². The third-order valence-corrected chi connectivity index (χ3v) is 5.81. The molecule has 6 heteroatoms. The van der Waals surface area contributed by atoms with E-state index in [0.717, 1.165) is 25.9 Å². The van der Waals surface area contributed by atoms with Gasteiger partial charge in [-0.1, -0.05) is 0 Å². The smallest absolute Gasteiger partial charge is 0.317 e. The maximum absolute atomic E-state index is 12.3. The van der Waals surface area contributed by atoms with Crippen molar-refractivity contribution in [1.29, 1.82) is 0 Å². The molecule has 1 saturated heterocycles. The zero-order chi connectivity index (χ0) is 17.0. The number of likely N-dealkylation sites (N-methyl/N-ethyl adjacent to an activating group) is 1. The third kappa shape index (κ3) is 4.93. The van der Waals surface area contributed by atoms with Gasteiger partial charge >= 0.3 is 6.03 Å². The molecule has 1 aromatic heterocycles. The normalized spacial score (nSPS) is 17.6. The lowest BCUT2D eigenvalue weighted by molar-refractivity contribution is 0.0874. The monoisotopic (exact) mass is 339 g/mol. The predicted octanol–water partition coefficient (Wildman–Crippen LogP) is 2.35. The fourth-order valence-electron chi connectivity index (χ4n) is 3.09. The molecular formula is C17H29N3O2S. The van der Waals surface area contributed by atoms with Crippen LogP contribution in [0.5, 0.6) is 0 Å². The SMILES string of the molecule is Cc1scc(CNC(=O)N2CCC(N(C)C[C@H](C)O)CC2)c1C. The van der Waals surface area contributed by atoms with Crippen molar-refractivity contribution in [3.63, 3.8) is 0 Å². The van der Waals surface area contributed by atoms with Gasteiger partial charge in [0.25, 0.3) is 0 Å². The molecule has 2 N–H and O–H groups in total. The Labute approximate surface area is 143 Å². The van der Waals surface area contributed by atoms with E-state index in [2.05, 4.69) is 36.5 Å². The van der Waals surface area contributed by atoms with E-state index in [1.165, 1.54) is 16.0 Å². The van der Waals surface area contributed by atoms with E-state index in [4.69, 9.17) is 0 Å². The van der Waals surface area contributed by atoms with Gasteiger partial charge in [-0.3, -0.25) is 0 Å². The average Bonchev–Trinajstić information content (AvgIpc) is 2.84. The summed E-state index contributed by atoms with van der Waals surface area (Å²) in [5.41, 5.74) is 2.50. The summed E-state index contributed by atoms with van der Waals surface area (Å²) in [5.74, 6) is 0. The first-order valence-electron chi connectivity index (χ1n) is 8.33. The molecule has 1 aliphatic heterocycles. The van der Waals surface area contributed by atoms with Gasteiger partial charge in [-0.05, 0) is 57.2 Å². The summed E-state index contributed by atoms with van der Waals surface area (Å²) in [5, 5.41) is 14.6. The highest BCUT2D eigenvalue weighted by Gasteiger charge is 2.25. The van der Waals surface area contributed by atoms with Crippen LogP contribution < -0.4 is 5.32 Å². The number of hydrogen-bond acceptors (Lipinski definition) is 4. The number of amides is 2. The molecule has 0 spiro atoms. The molecule has 1 aliphatic rings. The van der Waals surface area contributed by atoms with Gasteiger partial charge in [0.1, 0.15) is 0 Å². The Morgan fingerprint density at radius 2 is 2.13 bits per heavy atom. The fourth-order valence-corrected chi connectivity index (χ4v) is 3.98. The topological polar surface area (TPSA) is 55.8 Å². The van der Waals surface area contributed by atoms with Gasteiger partial charge in [-0.15, -0.1) is 11.3 Å². The van der Waals surface area contributed by atoms with Gasteiger partial charge in [0.15, 0.2) is 0 Å². The number of rotatable bonds is 5. The van der Waals surface area contributed by atoms with Gasteiger partial charge in [0, 0.05) is 37.1 Å². The van der Waals surface area contributed by atoms with E-state index in [9.17, 15) is 9.90 Å². The molecule has 130 valence electrons. The van der Waals surface area contributed by atoms with E-state index in [0.29, 0.717) is 19.1 Å². The zero-order valence-electron chi connectivity index (χ0n) is 14.6. The molecule has 0 bridgehead atoms. The highest BCUT2D eigenvalue weighted by molar-refractivity contribution is 7.10. The number of carbonyl (C=O) groups is 1. The largest absolute Gasteiger partial charge is 0.392 e. The van der Waals surface area contributed by atoms with Crippen molar-refractivity contribution in [2.75, 3.05) is 26.7 Å². The van der Waals surface area contributed by atoms with Crippen molar-refractivity contribution in [3.8, 4) is 0 Å². The number of aliphatic hydroxyl groups excluding tert-OH is 1. The van der Waals surface area contributed by atoms with Crippen molar-refractivity contribution in [3.05, 3.63) is 21.4 Å². The van der Waals surface area contributed by atoms with Crippen LogP contribution in [0.1, 0.15) is 35.8 Å². The quantitative estimate of drug-likeness (QED) is 0.866. The first-order valence-corrected chi connectivity index (χ1v) is 9.21. The number of aliphatic hydroxyl groups is 1. The Bertz CT molecular complexity index is 522. The molecule has 2 amide bonds. The fraction of sp³-hybridized carbons (Fsp3) is 0.706. The molecule has 0 radical (unpaired) electrons. The number of nitrogens with zero attached hydrogens (tertiary/aromatic N) is 2. The maximum Gasteiger partial charge on any atom is 0.317 e. The number of piperidine rings is 1. The van der Waals surface area contributed by atoms with Gasteiger partial charge in [-0.25, -0.2) is 4.79 Å². The maximum atomic E-state index is 12.3. The molecule has 2 rings (SSSR count). The molecule has 0 aliphatic carbocycles. The van der Waals surface area contributed by atoms with Crippen LogP contribution in [0, 0.1) is 13.8 Å². The second-order valence-electron chi connectivity index (χ2n) is 6.61. The molecule has 0 unspecified atom stereocenters. The number of carbonyl (C=O) groups excluding carboxylic acids is 1. The van der Waals surface area contributed by atoms with Gasteiger partial charge in [0.2, 0.25) is 0 Å². The number of likely N-dealkylation sites (tertiary alicyclic amines) is 1. The van der Waals surface area contributed by atoms with Crippen molar-refractivity contribution in [2.45, 2.75) is 52.3 Å². The lowest BCUT2D eigenvalue weighted by Crippen LogP contribution is -2.49. The van der Waals surface area contributed by atoms with E-state index in [1.807, 2.05) is 11.8 Å². The first kappa shape index (κ1) is 18.2. The number of thiophene rings is 1. The highest BCUT2D eigenvalue weighted by atomic mass is 32.1. The Kier molecular flexibility index (Phi) is 6.44. The van der Waals surface area contributed by atoms with Gasteiger partial charge in [-0.2, -0.15) is 0 Å². The summed E-state index contributed by atoms with van der Waals surface area (Å²) in [6.45, 7) is 8.89. The number of nitrogens with one attached hydrogen (secondary N) is 1. The standard InChI is InChI=1S/C17H29N3O2S/c1-12(21)10-19(4)16-5-7-20(8-6-16)17(22)18-9-15-11-23-14(3)13(15)2/h11-12,16,21H,5-10H2,1-4H3,(H,18,22)/t12-/m0/s1. The Hall–Kier alpha value is -1.11. The number of urea groups is 1. The first-order chi connectivity index (χ1) is 10.9. The molecule has 0 saturated carbocycles. The minimum Gasteiger partial charge on any atom is -0.392 e.